The van der Waals surface area contributed by atoms with Gasteiger partial charge in [-0.2, -0.15) is 4.31 Å². The molecule has 1 spiro atoms. The van der Waals surface area contributed by atoms with E-state index in [0.29, 0.717) is 19.6 Å². The molecular formula is C25H34N2O4SSi. The smallest absolute Gasteiger partial charge is 0.243 e. The van der Waals surface area contributed by atoms with Crippen molar-refractivity contribution in [1.29, 1.82) is 0 Å². The van der Waals surface area contributed by atoms with Crippen LogP contribution in [0.1, 0.15) is 23.1 Å². The van der Waals surface area contributed by atoms with Crippen LogP contribution < -0.4 is 4.90 Å². The molecule has 1 fully saturated rings. The van der Waals surface area contributed by atoms with Crippen LogP contribution in [0.4, 0.5) is 5.69 Å². The molecule has 1 unspecified atom stereocenters. The van der Waals surface area contributed by atoms with Crippen molar-refractivity contribution in [3.63, 3.8) is 0 Å². The minimum Gasteiger partial charge on any atom is -0.361 e. The van der Waals surface area contributed by atoms with Gasteiger partial charge in [-0.15, -0.1) is 0 Å². The molecule has 1 saturated heterocycles. The lowest BCUT2D eigenvalue weighted by molar-refractivity contribution is -0.123. The summed E-state index contributed by atoms with van der Waals surface area (Å²) in [5.74, 6) is -0.0577. The Labute approximate surface area is 198 Å². The van der Waals surface area contributed by atoms with E-state index in [9.17, 15) is 13.2 Å². The molecule has 0 N–H and O–H groups in total. The van der Waals surface area contributed by atoms with Gasteiger partial charge in [0.2, 0.25) is 15.9 Å². The van der Waals surface area contributed by atoms with Crippen LogP contribution >= 0.6 is 0 Å². The Morgan fingerprint density at radius 1 is 1.03 bits per heavy atom. The summed E-state index contributed by atoms with van der Waals surface area (Å²) >= 11 is 0. The molecule has 6 nitrogen and oxygen atoms in total. The number of carbonyl (C=O) groups excluding carboxylic acids is 1. The fourth-order valence-electron chi connectivity index (χ4n) is 4.65. The predicted octanol–water partition coefficient (Wildman–Crippen LogP) is 4.29. The first-order valence-electron chi connectivity index (χ1n) is 11.5. The van der Waals surface area contributed by atoms with Crippen molar-refractivity contribution in [3.05, 3.63) is 59.2 Å². The fourth-order valence-corrected chi connectivity index (χ4v) is 6.91. The zero-order valence-electron chi connectivity index (χ0n) is 20.2. The molecule has 2 aliphatic heterocycles. The molecule has 2 heterocycles. The van der Waals surface area contributed by atoms with Gasteiger partial charge in [-0.05, 0) is 55.6 Å². The Hall–Kier alpha value is -2.00. The maximum absolute atomic E-state index is 13.8. The summed E-state index contributed by atoms with van der Waals surface area (Å²) in [6, 6.07) is 13.9. The number of carbonyl (C=O) groups is 1. The number of ether oxygens (including phenoxy) is 1. The van der Waals surface area contributed by atoms with Crippen molar-refractivity contribution >= 4 is 29.7 Å². The van der Waals surface area contributed by atoms with E-state index in [1.54, 1.807) is 29.2 Å². The van der Waals surface area contributed by atoms with E-state index in [2.05, 4.69) is 19.6 Å². The number of hydrogen-bond donors (Lipinski definition) is 0. The summed E-state index contributed by atoms with van der Waals surface area (Å²) in [6.07, 6.45) is 0.471. The normalized spacial score (nSPS) is 21.2. The van der Waals surface area contributed by atoms with Gasteiger partial charge in [0.05, 0.1) is 16.0 Å². The molecule has 0 radical (unpaired) electrons. The predicted molar refractivity (Wildman–Crippen MR) is 134 cm³/mol. The Morgan fingerprint density at radius 2 is 1.70 bits per heavy atom. The van der Waals surface area contributed by atoms with Crippen molar-refractivity contribution in [3.8, 4) is 0 Å². The van der Waals surface area contributed by atoms with E-state index < -0.39 is 23.5 Å². The summed E-state index contributed by atoms with van der Waals surface area (Å²) in [5, 5.41) is 0. The van der Waals surface area contributed by atoms with Crippen LogP contribution in [0.25, 0.3) is 0 Å². The highest BCUT2D eigenvalue weighted by atomic mass is 32.2. The number of fused-ring (bicyclic) bond motifs is 2. The topological polar surface area (TPSA) is 66.9 Å². The lowest BCUT2D eigenvalue weighted by atomic mass is 9.81. The highest BCUT2D eigenvalue weighted by molar-refractivity contribution is 7.89. The zero-order chi connectivity index (χ0) is 24.0. The number of rotatable bonds is 7. The lowest BCUT2D eigenvalue weighted by Crippen LogP contribution is -2.44. The van der Waals surface area contributed by atoms with Crippen LogP contribution in [0.3, 0.4) is 0 Å². The van der Waals surface area contributed by atoms with Crippen molar-refractivity contribution in [2.24, 2.45) is 0 Å². The number of aryl methyl sites for hydroxylation is 2. The first-order chi connectivity index (χ1) is 15.4. The second-order valence-corrected chi connectivity index (χ2v) is 18.1. The molecule has 0 bridgehead atoms. The lowest BCUT2D eigenvalue weighted by Gasteiger charge is -2.25. The maximum Gasteiger partial charge on any atom is 0.243 e. The van der Waals surface area contributed by atoms with Gasteiger partial charge in [-0.3, -0.25) is 9.69 Å². The molecule has 2 aliphatic rings. The van der Waals surface area contributed by atoms with Crippen LogP contribution in [-0.2, 0) is 25.0 Å². The van der Waals surface area contributed by atoms with Crippen LogP contribution in [0, 0.1) is 13.8 Å². The van der Waals surface area contributed by atoms with Gasteiger partial charge in [-0.1, -0.05) is 49.5 Å². The van der Waals surface area contributed by atoms with Gasteiger partial charge >= 0.3 is 0 Å². The second-order valence-electron chi connectivity index (χ2n) is 10.6. The summed E-state index contributed by atoms with van der Waals surface area (Å²) in [5.41, 5.74) is 2.97. The summed E-state index contributed by atoms with van der Waals surface area (Å²) in [4.78, 5) is 15.8. The second kappa shape index (κ2) is 8.65. The van der Waals surface area contributed by atoms with Gasteiger partial charge in [0.15, 0.2) is 0 Å². The van der Waals surface area contributed by atoms with E-state index in [4.69, 9.17) is 4.74 Å². The minimum atomic E-state index is -3.67. The number of anilines is 1. The molecule has 8 heteroatoms. The molecule has 1 amide bonds. The minimum absolute atomic E-state index is 0.0577. The van der Waals surface area contributed by atoms with Gasteiger partial charge in [0.25, 0.3) is 0 Å². The van der Waals surface area contributed by atoms with Crippen molar-refractivity contribution < 1.29 is 17.9 Å². The molecule has 0 aliphatic carbocycles. The van der Waals surface area contributed by atoms with E-state index >= 15 is 0 Å². The van der Waals surface area contributed by atoms with Crippen LogP contribution in [0.15, 0.2) is 47.4 Å². The Morgan fingerprint density at radius 3 is 2.36 bits per heavy atom. The third-order valence-corrected chi connectivity index (χ3v) is 10.3. The Balaban J connectivity index is 1.60. The van der Waals surface area contributed by atoms with Gasteiger partial charge in [-0.25, -0.2) is 8.42 Å². The molecular weight excluding hydrogens is 452 g/mol. The third-order valence-electron chi connectivity index (χ3n) is 6.72. The van der Waals surface area contributed by atoms with E-state index in [-0.39, 0.29) is 24.1 Å². The Bertz CT molecular complexity index is 1160. The van der Waals surface area contributed by atoms with Crippen LogP contribution in [-0.4, -0.2) is 53.1 Å². The molecule has 33 heavy (non-hydrogen) atoms. The summed E-state index contributed by atoms with van der Waals surface area (Å²) in [7, 11) is -4.90. The SMILES string of the molecule is Cc1ccc(S(=O)(=O)N2CCC3(C2)C(=O)N(COCC[Si](C)(C)C)c2cc(C)ccc23)cc1. The first kappa shape index (κ1) is 24.1. The third kappa shape index (κ3) is 4.54. The molecule has 4 rings (SSSR count). The fraction of sp³-hybridized carbons (Fsp3) is 0.480. The standard InChI is InChI=1S/C25H34N2O4SSi/c1-19-6-9-21(10-7-19)32(29,30)26-13-12-25(17-26)22-11-8-20(2)16-23(22)27(24(25)28)18-31-14-15-33(3,4)5/h6-11,16H,12-15,17-18H2,1-5H3. The van der Waals surface area contributed by atoms with Crippen molar-refractivity contribution in [2.75, 3.05) is 31.3 Å². The highest BCUT2D eigenvalue weighted by Crippen LogP contribution is 2.48. The average molecular weight is 487 g/mol. The number of nitrogens with zero attached hydrogens (tertiary/aromatic N) is 2. The maximum atomic E-state index is 13.8. The molecule has 2 aromatic carbocycles. The molecule has 0 aromatic heterocycles. The molecule has 178 valence electrons. The first-order valence-corrected chi connectivity index (χ1v) is 16.7. The molecule has 1 atom stereocenters. The largest absolute Gasteiger partial charge is 0.361 e. The van der Waals surface area contributed by atoms with Crippen LogP contribution in [0.2, 0.25) is 25.7 Å². The quantitative estimate of drug-likeness (QED) is 0.432. The average Bonchev–Trinajstić information content (AvgIpc) is 3.28. The zero-order valence-corrected chi connectivity index (χ0v) is 22.0. The summed E-state index contributed by atoms with van der Waals surface area (Å²) < 4.78 is 34.1. The van der Waals surface area contributed by atoms with Crippen molar-refractivity contribution in [2.45, 2.75) is 56.3 Å². The van der Waals surface area contributed by atoms with Gasteiger partial charge in [0.1, 0.15) is 6.73 Å². The van der Waals surface area contributed by atoms with Crippen molar-refractivity contribution in [1.82, 2.24) is 4.31 Å². The van der Waals surface area contributed by atoms with E-state index in [1.807, 2.05) is 32.0 Å². The molecule has 0 saturated carbocycles. The monoisotopic (exact) mass is 486 g/mol. The molecule has 2 aromatic rings. The number of amides is 1. The number of benzene rings is 2. The van der Waals surface area contributed by atoms with E-state index in [0.717, 1.165) is 28.4 Å². The van der Waals surface area contributed by atoms with Gasteiger partial charge < -0.3 is 4.74 Å². The van der Waals surface area contributed by atoms with E-state index in [1.165, 1.54) is 4.31 Å². The Kier molecular flexibility index (Phi) is 6.33. The number of hydrogen-bond acceptors (Lipinski definition) is 4. The van der Waals surface area contributed by atoms with Crippen LogP contribution in [0.5, 0.6) is 0 Å². The van der Waals surface area contributed by atoms with Gasteiger partial charge in [0, 0.05) is 27.8 Å². The highest BCUT2D eigenvalue weighted by Gasteiger charge is 2.56. The summed E-state index contributed by atoms with van der Waals surface area (Å²) in [6.45, 7) is 12.1. The number of sulfonamides is 1.